The standard InChI is InChI=1S/C21H24ClN5O3S/c1-14(2)12-24-31(28,29)19-11-7-5-9-17(19)25-20-15(22)13-23-21(27-20)26-16-8-4-6-10-18(16)30-3/h4-11,13-14,24H,12H2,1-3H3,(H2,23,25,26,27). The molecule has 3 rings (SSSR count). The van der Waals surface area contributed by atoms with E-state index in [1.165, 1.54) is 12.3 Å². The third-order valence-electron chi connectivity index (χ3n) is 4.21. The molecule has 0 radical (unpaired) electrons. The van der Waals surface area contributed by atoms with Gasteiger partial charge in [-0.1, -0.05) is 49.7 Å². The molecule has 0 fully saturated rings. The molecule has 3 N–H and O–H groups in total. The third kappa shape index (κ3) is 5.84. The maximum absolute atomic E-state index is 12.8. The summed E-state index contributed by atoms with van der Waals surface area (Å²) in [5.41, 5.74) is 1.03. The van der Waals surface area contributed by atoms with E-state index in [4.69, 9.17) is 16.3 Å². The van der Waals surface area contributed by atoms with Crippen LogP contribution in [-0.4, -0.2) is 32.0 Å². The molecule has 1 aromatic heterocycles. The van der Waals surface area contributed by atoms with Crippen molar-refractivity contribution in [3.8, 4) is 5.75 Å². The van der Waals surface area contributed by atoms with Crippen LogP contribution in [0.2, 0.25) is 5.02 Å². The first-order valence-electron chi connectivity index (χ1n) is 9.58. The number of ether oxygens (including phenoxy) is 1. The Kier molecular flexibility index (Phi) is 7.32. The number of rotatable bonds is 9. The molecule has 8 nitrogen and oxygen atoms in total. The highest BCUT2D eigenvalue weighted by Gasteiger charge is 2.19. The van der Waals surface area contributed by atoms with Crippen LogP contribution in [0.1, 0.15) is 13.8 Å². The van der Waals surface area contributed by atoms with Gasteiger partial charge in [-0.05, 0) is 30.2 Å². The molecular formula is C21H24ClN5O3S. The van der Waals surface area contributed by atoms with E-state index in [1.807, 2.05) is 38.1 Å². The van der Waals surface area contributed by atoms with Gasteiger partial charge in [0.1, 0.15) is 15.7 Å². The fourth-order valence-electron chi connectivity index (χ4n) is 2.67. The molecule has 10 heteroatoms. The predicted octanol–water partition coefficient (Wildman–Crippen LogP) is 4.56. The summed E-state index contributed by atoms with van der Waals surface area (Å²) in [4.78, 5) is 8.69. The molecule has 2 aromatic carbocycles. The van der Waals surface area contributed by atoms with Crippen LogP contribution in [-0.2, 0) is 10.0 Å². The van der Waals surface area contributed by atoms with Crippen molar-refractivity contribution in [2.45, 2.75) is 18.7 Å². The molecule has 0 unspecified atom stereocenters. The second kappa shape index (κ2) is 9.95. The molecule has 3 aromatic rings. The Labute approximate surface area is 187 Å². The summed E-state index contributed by atoms with van der Waals surface area (Å²) in [5, 5.41) is 6.34. The number of benzene rings is 2. The van der Waals surface area contributed by atoms with Crippen molar-refractivity contribution < 1.29 is 13.2 Å². The minimum absolute atomic E-state index is 0.101. The van der Waals surface area contributed by atoms with Crippen molar-refractivity contribution in [2.24, 2.45) is 5.92 Å². The van der Waals surface area contributed by atoms with Gasteiger partial charge < -0.3 is 15.4 Å². The molecule has 31 heavy (non-hydrogen) atoms. The summed E-state index contributed by atoms with van der Waals surface area (Å²) in [7, 11) is -2.15. The minimum Gasteiger partial charge on any atom is -0.495 e. The molecule has 0 bridgehead atoms. The quantitative estimate of drug-likeness (QED) is 0.429. The zero-order valence-electron chi connectivity index (χ0n) is 17.4. The summed E-state index contributed by atoms with van der Waals surface area (Å²) in [6, 6.07) is 13.9. The average molecular weight is 462 g/mol. The molecule has 0 atom stereocenters. The Bertz CT molecular complexity index is 1160. The Hall–Kier alpha value is -2.88. The van der Waals surface area contributed by atoms with Crippen LogP contribution in [0.4, 0.5) is 23.1 Å². The average Bonchev–Trinajstić information content (AvgIpc) is 2.75. The number of hydrogen-bond acceptors (Lipinski definition) is 7. The van der Waals surface area contributed by atoms with Crippen molar-refractivity contribution in [3.05, 3.63) is 59.8 Å². The number of nitrogens with zero attached hydrogens (tertiary/aromatic N) is 2. The maximum atomic E-state index is 12.8. The van der Waals surface area contributed by atoms with Crippen LogP contribution < -0.4 is 20.1 Å². The smallest absolute Gasteiger partial charge is 0.242 e. The lowest BCUT2D eigenvalue weighted by atomic mass is 10.2. The lowest BCUT2D eigenvalue weighted by Crippen LogP contribution is -2.28. The topological polar surface area (TPSA) is 105 Å². The van der Waals surface area contributed by atoms with E-state index in [2.05, 4.69) is 25.3 Å². The summed E-state index contributed by atoms with van der Waals surface area (Å²) in [6.45, 7) is 4.20. The van der Waals surface area contributed by atoms with Gasteiger partial charge in [-0.3, -0.25) is 0 Å². The Morgan fingerprint density at radius 1 is 1.03 bits per heavy atom. The van der Waals surface area contributed by atoms with Gasteiger partial charge in [-0.2, -0.15) is 4.98 Å². The number of nitrogens with one attached hydrogen (secondary N) is 3. The third-order valence-corrected chi connectivity index (χ3v) is 5.97. The van der Waals surface area contributed by atoms with Crippen molar-refractivity contribution >= 4 is 44.8 Å². The number of para-hydroxylation sites is 3. The number of anilines is 4. The van der Waals surface area contributed by atoms with Crippen LogP contribution in [0.15, 0.2) is 59.6 Å². The van der Waals surface area contributed by atoms with Gasteiger partial charge in [0, 0.05) is 6.54 Å². The van der Waals surface area contributed by atoms with Gasteiger partial charge in [0.25, 0.3) is 0 Å². The van der Waals surface area contributed by atoms with Crippen molar-refractivity contribution in [3.63, 3.8) is 0 Å². The highest BCUT2D eigenvalue weighted by Crippen LogP contribution is 2.30. The zero-order chi connectivity index (χ0) is 22.4. The second-order valence-electron chi connectivity index (χ2n) is 7.08. The predicted molar refractivity (Wildman–Crippen MR) is 123 cm³/mol. The SMILES string of the molecule is COc1ccccc1Nc1ncc(Cl)c(Nc2ccccc2S(=O)(=O)NCC(C)C)n1. The second-order valence-corrected chi connectivity index (χ2v) is 9.22. The van der Waals surface area contributed by atoms with Gasteiger partial charge in [-0.25, -0.2) is 18.1 Å². The number of hydrogen-bond donors (Lipinski definition) is 3. The molecule has 0 aliphatic heterocycles. The highest BCUT2D eigenvalue weighted by molar-refractivity contribution is 7.89. The van der Waals surface area contributed by atoms with E-state index in [1.54, 1.807) is 25.3 Å². The van der Waals surface area contributed by atoms with E-state index in [0.717, 1.165) is 0 Å². The Balaban J connectivity index is 1.89. The summed E-state index contributed by atoms with van der Waals surface area (Å²) < 4.78 is 33.5. The van der Waals surface area contributed by atoms with Crippen LogP contribution in [0.25, 0.3) is 0 Å². The highest BCUT2D eigenvalue weighted by atomic mass is 35.5. The molecule has 0 saturated heterocycles. The van der Waals surface area contributed by atoms with Crippen molar-refractivity contribution in [1.82, 2.24) is 14.7 Å². The molecule has 1 heterocycles. The van der Waals surface area contributed by atoms with Crippen molar-refractivity contribution in [1.29, 1.82) is 0 Å². The number of aromatic nitrogens is 2. The maximum Gasteiger partial charge on any atom is 0.242 e. The van der Waals surface area contributed by atoms with Gasteiger partial charge in [0.15, 0.2) is 5.82 Å². The van der Waals surface area contributed by atoms with Crippen LogP contribution in [0, 0.1) is 5.92 Å². The normalized spacial score (nSPS) is 11.4. The van der Waals surface area contributed by atoms with Crippen LogP contribution in [0.5, 0.6) is 5.75 Å². The van der Waals surface area contributed by atoms with Gasteiger partial charge in [-0.15, -0.1) is 0 Å². The lowest BCUT2D eigenvalue weighted by Gasteiger charge is -2.15. The summed E-state index contributed by atoms with van der Waals surface area (Å²) >= 11 is 6.27. The lowest BCUT2D eigenvalue weighted by molar-refractivity contribution is 0.417. The largest absolute Gasteiger partial charge is 0.495 e. The van der Waals surface area contributed by atoms with Gasteiger partial charge >= 0.3 is 0 Å². The molecule has 0 spiro atoms. The molecule has 0 aliphatic rings. The Morgan fingerprint density at radius 3 is 2.42 bits per heavy atom. The van der Waals surface area contributed by atoms with Crippen LogP contribution in [0.3, 0.4) is 0 Å². The molecule has 0 amide bonds. The fourth-order valence-corrected chi connectivity index (χ4v) is 4.18. The zero-order valence-corrected chi connectivity index (χ0v) is 19.0. The molecule has 0 aliphatic carbocycles. The molecule has 164 valence electrons. The molecular weight excluding hydrogens is 438 g/mol. The van der Waals surface area contributed by atoms with E-state index in [9.17, 15) is 8.42 Å². The Morgan fingerprint density at radius 2 is 1.71 bits per heavy atom. The summed E-state index contributed by atoms with van der Waals surface area (Å²) in [6.07, 6.45) is 1.43. The van der Waals surface area contributed by atoms with Crippen LogP contribution >= 0.6 is 11.6 Å². The summed E-state index contributed by atoms with van der Waals surface area (Å²) in [5.74, 6) is 1.34. The number of halogens is 1. The van der Waals surface area contributed by atoms with E-state index in [-0.39, 0.29) is 27.6 Å². The van der Waals surface area contributed by atoms with E-state index in [0.29, 0.717) is 23.7 Å². The molecule has 0 saturated carbocycles. The monoisotopic (exact) mass is 461 g/mol. The first-order chi connectivity index (χ1) is 14.8. The van der Waals surface area contributed by atoms with E-state index < -0.39 is 10.0 Å². The minimum atomic E-state index is -3.72. The van der Waals surface area contributed by atoms with Crippen molar-refractivity contribution in [2.75, 3.05) is 24.3 Å². The van der Waals surface area contributed by atoms with Gasteiger partial charge in [0.2, 0.25) is 16.0 Å². The number of sulfonamides is 1. The van der Waals surface area contributed by atoms with Gasteiger partial charge in [0.05, 0.1) is 24.7 Å². The first-order valence-corrected chi connectivity index (χ1v) is 11.4. The first kappa shape index (κ1) is 22.8. The fraction of sp³-hybridized carbons (Fsp3) is 0.238. The van der Waals surface area contributed by atoms with E-state index >= 15 is 0 Å². The number of methoxy groups -OCH3 is 1.